The van der Waals surface area contributed by atoms with E-state index in [0.29, 0.717) is 6.54 Å². The number of allylic oxidation sites excluding steroid dienone is 6. The van der Waals surface area contributed by atoms with Gasteiger partial charge < -0.3 is 0 Å². The van der Waals surface area contributed by atoms with Crippen molar-refractivity contribution in [3.63, 3.8) is 0 Å². The minimum Gasteiger partial charge on any atom is -0.280 e. The fourth-order valence-electron chi connectivity index (χ4n) is 5.91. The van der Waals surface area contributed by atoms with Crippen molar-refractivity contribution in [1.29, 1.82) is 0 Å². The lowest BCUT2D eigenvalue weighted by atomic mass is 9.86. The van der Waals surface area contributed by atoms with Crippen LogP contribution in [0.5, 0.6) is 0 Å². The first-order valence-electron chi connectivity index (χ1n) is 15.8. The number of fused-ring (bicyclic) bond motifs is 1. The summed E-state index contributed by atoms with van der Waals surface area (Å²) in [5, 5.41) is 0. The lowest BCUT2D eigenvalue weighted by molar-refractivity contribution is 0.939. The van der Waals surface area contributed by atoms with Gasteiger partial charge in [0.05, 0.1) is 18.0 Å². The van der Waals surface area contributed by atoms with E-state index in [9.17, 15) is 0 Å². The lowest BCUT2D eigenvalue weighted by Crippen LogP contribution is -2.01. The van der Waals surface area contributed by atoms with Crippen LogP contribution >= 0.6 is 0 Å². The summed E-state index contributed by atoms with van der Waals surface area (Å²) in [4.78, 5) is 9.37. The van der Waals surface area contributed by atoms with Gasteiger partial charge in [0.25, 0.3) is 0 Å². The maximum atomic E-state index is 5.02. The van der Waals surface area contributed by atoms with Crippen LogP contribution in [0.15, 0.2) is 174 Å². The molecular formula is C44H38N2. The van der Waals surface area contributed by atoms with Gasteiger partial charge in [-0.2, -0.15) is 0 Å². The molecule has 224 valence electrons. The molecule has 0 N–H and O–H groups in total. The second-order valence-electron chi connectivity index (χ2n) is 11.6. The zero-order valence-electron chi connectivity index (χ0n) is 26.4. The van der Waals surface area contributed by atoms with Gasteiger partial charge >= 0.3 is 0 Å². The van der Waals surface area contributed by atoms with Gasteiger partial charge in [0, 0.05) is 5.56 Å². The fraction of sp³-hybridized carbons (Fsp3) is 0.0909. The number of hydrogen-bond donors (Lipinski definition) is 0. The average molecular weight is 595 g/mol. The van der Waals surface area contributed by atoms with Gasteiger partial charge in [-0.1, -0.05) is 146 Å². The molecule has 0 aromatic heterocycles. The van der Waals surface area contributed by atoms with Crippen molar-refractivity contribution >= 4 is 29.3 Å². The summed E-state index contributed by atoms with van der Waals surface area (Å²) in [6.45, 7) is 11.1. The van der Waals surface area contributed by atoms with Crippen molar-refractivity contribution in [1.82, 2.24) is 0 Å². The molecule has 5 aromatic rings. The average Bonchev–Trinajstić information content (AvgIpc) is 3.12. The van der Waals surface area contributed by atoms with E-state index in [1.165, 1.54) is 22.3 Å². The molecular weight excluding hydrogens is 556 g/mol. The van der Waals surface area contributed by atoms with Crippen LogP contribution in [0.1, 0.15) is 46.7 Å². The second-order valence-corrected chi connectivity index (χ2v) is 11.6. The molecule has 0 fully saturated rings. The molecule has 0 saturated heterocycles. The quantitative estimate of drug-likeness (QED) is 0.113. The zero-order chi connectivity index (χ0) is 31.7. The summed E-state index contributed by atoms with van der Waals surface area (Å²) in [6.07, 6.45) is 8.58. The zero-order valence-corrected chi connectivity index (χ0v) is 26.4. The van der Waals surface area contributed by atoms with Crippen LogP contribution in [0.3, 0.4) is 0 Å². The summed E-state index contributed by atoms with van der Waals surface area (Å²) in [5.74, 6) is 0. The summed E-state index contributed by atoms with van der Waals surface area (Å²) in [5.41, 5.74) is 14.8. The SMILES string of the molecule is C=N/C(=C\C(=N/Cc1ccccc1)c1ccc(-c2cccc(C(=C)/C=C\C3=C(C)c4ccccc4CC3)c2)cc1)c1ccccc1. The van der Waals surface area contributed by atoms with E-state index in [1.54, 1.807) is 0 Å². The van der Waals surface area contributed by atoms with Crippen LogP contribution in [0.2, 0.25) is 0 Å². The molecule has 0 atom stereocenters. The van der Waals surface area contributed by atoms with E-state index >= 15 is 0 Å². The smallest absolute Gasteiger partial charge is 0.0716 e. The Morgan fingerprint density at radius 1 is 0.696 bits per heavy atom. The second kappa shape index (κ2) is 14.5. The van der Waals surface area contributed by atoms with Gasteiger partial charge in [-0.3, -0.25) is 9.98 Å². The Morgan fingerprint density at radius 2 is 1.39 bits per heavy atom. The first kappa shape index (κ1) is 30.4. The molecule has 0 unspecified atom stereocenters. The molecule has 5 aromatic carbocycles. The van der Waals surface area contributed by atoms with E-state index in [-0.39, 0.29) is 0 Å². The fourth-order valence-corrected chi connectivity index (χ4v) is 5.91. The predicted octanol–water partition coefficient (Wildman–Crippen LogP) is 11.1. The topological polar surface area (TPSA) is 24.7 Å². The van der Waals surface area contributed by atoms with E-state index in [4.69, 9.17) is 4.99 Å². The largest absolute Gasteiger partial charge is 0.280 e. The summed E-state index contributed by atoms with van der Waals surface area (Å²) >= 11 is 0. The molecule has 0 amide bonds. The standard InChI is InChI=1S/C44H38N2/c1-32(21-22-35-23-26-37-15-10-11-20-42(37)33(35)2)40-18-12-19-41(29-40)36-24-27-39(28-25-36)44(46-31-34-13-6-4-7-14-34)30-43(45-3)38-16-8-5-9-17-38/h4-22,24-25,27-30H,1,3,23,26,31H2,2H3/b22-21-,43-30-,46-44+. The third-order valence-electron chi connectivity index (χ3n) is 8.59. The lowest BCUT2D eigenvalue weighted by Gasteiger charge is -2.19. The van der Waals surface area contributed by atoms with Crippen LogP contribution in [-0.4, -0.2) is 12.4 Å². The van der Waals surface area contributed by atoms with Crippen molar-refractivity contribution in [2.24, 2.45) is 9.98 Å². The normalized spacial score (nSPS) is 13.5. The maximum absolute atomic E-state index is 5.02. The molecule has 0 bridgehead atoms. The van der Waals surface area contributed by atoms with Gasteiger partial charge in [0.15, 0.2) is 0 Å². The number of aryl methyl sites for hydroxylation is 1. The first-order chi connectivity index (χ1) is 22.6. The van der Waals surface area contributed by atoms with Crippen LogP contribution in [0, 0.1) is 0 Å². The number of aliphatic imine (C=N–C) groups is 2. The summed E-state index contributed by atoms with van der Waals surface area (Å²) < 4.78 is 0. The number of hydrogen-bond acceptors (Lipinski definition) is 2. The van der Waals surface area contributed by atoms with Crippen molar-refractivity contribution in [3.8, 4) is 11.1 Å². The minimum absolute atomic E-state index is 0.578. The number of nitrogens with zero attached hydrogens (tertiary/aromatic N) is 2. The molecule has 1 aliphatic rings. The molecule has 0 saturated carbocycles. The van der Waals surface area contributed by atoms with Gasteiger partial charge in [-0.15, -0.1) is 0 Å². The van der Waals surface area contributed by atoms with Crippen LogP contribution in [-0.2, 0) is 13.0 Å². The van der Waals surface area contributed by atoms with E-state index < -0.39 is 0 Å². The predicted molar refractivity (Wildman–Crippen MR) is 198 cm³/mol. The van der Waals surface area contributed by atoms with Crippen molar-refractivity contribution < 1.29 is 0 Å². The molecule has 46 heavy (non-hydrogen) atoms. The van der Waals surface area contributed by atoms with Crippen molar-refractivity contribution in [2.45, 2.75) is 26.3 Å². The highest BCUT2D eigenvalue weighted by atomic mass is 14.8. The molecule has 0 aliphatic heterocycles. The molecule has 1 aliphatic carbocycles. The first-order valence-corrected chi connectivity index (χ1v) is 15.8. The molecule has 2 nitrogen and oxygen atoms in total. The van der Waals surface area contributed by atoms with Crippen molar-refractivity contribution in [3.05, 3.63) is 197 Å². The van der Waals surface area contributed by atoms with E-state index in [1.807, 2.05) is 54.6 Å². The highest BCUT2D eigenvalue weighted by molar-refractivity contribution is 6.12. The van der Waals surface area contributed by atoms with Crippen LogP contribution < -0.4 is 0 Å². The van der Waals surface area contributed by atoms with Gasteiger partial charge in [0.1, 0.15) is 0 Å². The Morgan fingerprint density at radius 3 is 2.15 bits per heavy atom. The van der Waals surface area contributed by atoms with Crippen molar-refractivity contribution in [2.75, 3.05) is 0 Å². The highest BCUT2D eigenvalue weighted by Crippen LogP contribution is 2.32. The van der Waals surface area contributed by atoms with Gasteiger partial charge in [-0.25, -0.2) is 0 Å². The highest BCUT2D eigenvalue weighted by Gasteiger charge is 2.13. The van der Waals surface area contributed by atoms with Gasteiger partial charge in [0.2, 0.25) is 0 Å². The molecule has 0 heterocycles. The van der Waals surface area contributed by atoms with Crippen LogP contribution in [0.4, 0.5) is 0 Å². The molecule has 6 rings (SSSR count). The Labute approximate surface area is 273 Å². The minimum atomic E-state index is 0.578. The van der Waals surface area contributed by atoms with Gasteiger partial charge in [-0.05, 0) is 94.3 Å². The van der Waals surface area contributed by atoms with E-state index in [0.717, 1.165) is 63.2 Å². The summed E-state index contributed by atoms with van der Waals surface area (Å²) in [7, 11) is 0. The van der Waals surface area contributed by atoms with E-state index in [2.05, 4.69) is 122 Å². The molecule has 0 radical (unpaired) electrons. The molecule has 0 spiro atoms. The Kier molecular flexibility index (Phi) is 9.56. The maximum Gasteiger partial charge on any atom is 0.0716 e. The Hall–Kier alpha value is -5.60. The Bertz CT molecular complexity index is 1970. The number of benzene rings is 5. The third-order valence-corrected chi connectivity index (χ3v) is 8.59. The molecule has 2 heteroatoms. The summed E-state index contributed by atoms with van der Waals surface area (Å²) in [6, 6.07) is 46.4. The third kappa shape index (κ3) is 7.20. The number of rotatable bonds is 10. The monoisotopic (exact) mass is 594 g/mol. The van der Waals surface area contributed by atoms with Crippen LogP contribution in [0.25, 0.3) is 28.0 Å². The Balaban J connectivity index is 1.25.